The Kier molecular flexibility index (Phi) is 6.16. The maximum Gasteiger partial charge on any atom is 0.256 e. The number of piperidine rings is 1. The van der Waals surface area contributed by atoms with Crippen molar-refractivity contribution in [1.29, 1.82) is 0 Å². The Bertz CT molecular complexity index is 1510. The molecule has 0 bridgehead atoms. The summed E-state index contributed by atoms with van der Waals surface area (Å²) >= 11 is 0. The third-order valence-electron chi connectivity index (χ3n) is 6.87. The van der Waals surface area contributed by atoms with E-state index in [4.69, 9.17) is 4.98 Å². The molecular formula is C29H29N7O. The van der Waals surface area contributed by atoms with Crippen LogP contribution in [0.4, 0.5) is 11.5 Å². The largest absolute Gasteiger partial charge is 0.382 e. The number of rotatable bonds is 6. The van der Waals surface area contributed by atoms with Crippen LogP contribution < -0.4 is 10.6 Å². The summed E-state index contributed by atoms with van der Waals surface area (Å²) in [7, 11) is 2.16. The number of carbonyl (C=O) groups excluding carboxylic acids is 1. The van der Waals surface area contributed by atoms with E-state index in [0.717, 1.165) is 54.2 Å². The molecule has 37 heavy (non-hydrogen) atoms. The number of H-pyrrole nitrogens is 1. The Morgan fingerprint density at radius 3 is 2.46 bits per heavy atom. The number of carbonyl (C=O) groups is 1. The van der Waals surface area contributed by atoms with E-state index in [0.29, 0.717) is 23.1 Å². The summed E-state index contributed by atoms with van der Waals surface area (Å²) in [6, 6.07) is 28.0. The fourth-order valence-corrected chi connectivity index (χ4v) is 4.84. The SMILES string of the molecule is CN1CCC(Nc2ccc(C(=O)Nc3cc(-c4nc5ccccc5n4-c4ccccc4)[nH]n3)cc2)CC1. The van der Waals surface area contributed by atoms with Crippen LogP contribution in [0.2, 0.25) is 0 Å². The molecule has 0 unspecified atom stereocenters. The molecule has 3 aromatic carbocycles. The third kappa shape index (κ3) is 4.83. The summed E-state index contributed by atoms with van der Waals surface area (Å²) in [6.07, 6.45) is 2.25. The molecule has 1 fully saturated rings. The van der Waals surface area contributed by atoms with Crippen LogP contribution in [0.5, 0.6) is 0 Å². The van der Waals surface area contributed by atoms with E-state index in [1.807, 2.05) is 84.9 Å². The van der Waals surface area contributed by atoms with Crippen molar-refractivity contribution in [3.8, 4) is 17.2 Å². The number of hydrogen-bond donors (Lipinski definition) is 3. The molecule has 1 aliphatic rings. The average Bonchev–Trinajstić information content (AvgIpc) is 3.55. The lowest BCUT2D eigenvalue weighted by atomic mass is 10.0. The van der Waals surface area contributed by atoms with Gasteiger partial charge in [0.25, 0.3) is 5.91 Å². The lowest BCUT2D eigenvalue weighted by Crippen LogP contribution is -2.36. The zero-order chi connectivity index (χ0) is 25.2. The molecule has 0 radical (unpaired) electrons. The van der Waals surface area contributed by atoms with Crippen LogP contribution in [0.1, 0.15) is 23.2 Å². The summed E-state index contributed by atoms with van der Waals surface area (Å²) in [4.78, 5) is 20.1. The van der Waals surface area contributed by atoms with Gasteiger partial charge in [-0.3, -0.25) is 14.5 Å². The zero-order valence-corrected chi connectivity index (χ0v) is 20.7. The number of aromatic nitrogens is 4. The summed E-state index contributed by atoms with van der Waals surface area (Å²) < 4.78 is 2.09. The molecule has 2 aromatic heterocycles. The number of benzene rings is 3. The highest BCUT2D eigenvalue weighted by atomic mass is 16.1. The van der Waals surface area contributed by atoms with Crippen LogP contribution >= 0.6 is 0 Å². The van der Waals surface area contributed by atoms with E-state index in [9.17, 15) is 4.79 Å². The Morgan fingerprint density at radius 2 is 1.68 bits per heavy atom. The van der Waals surface area contributed by atoms with Gasteiger partial charge in [-0.05, 0) is 81.5 Å². The van der Waals surface area contributed by atoms with Gasteiger partial charge >= 0.3 is 0 Å². The Morgan fingerprint density at radius 1 is 0.946 bits per heavy atom. The highest BCUT2D eigenvalue weighted by Crippen LogP contribution is 2.28. The molecule has 8 nitrogen and oxygen atoms in total. The highest BCUT2D eigenvalue weighted by Gasteiger charge is 2.18. The van der Waals surface area contributed by atoms with Crippen LogP contribution in [0, 0.1) is 0 Å². The van der Waals surface area contributed by atoms with Crippen molar-refractivity contribution >= 4 is 28.4 Å². The standard InChI is InChI=1S/C29H29N7O/c1-35-17-15-22(16-18-35)30-21-13-11-20(12-14-21)29(37)32-27-19-25(33-34-27)28-31-24-9-5-6-10-26(24)36(28)23-7-3-2-4-8-23/h2-14,19,22,30H,15-18H2,1H3,(H2,32,33,34,37). The summed E-state index contributed by atoms with van der Waals surface area (Å²) in [5.41, 5.74) is 5.21. The predicted octanol–water partition coefficient (Wildman–Crippen LogP) is 5.17. The van der Waals surface area contributed by atoms with Crippen LogP contribution in [0.3, 0.4) is 0 Å². The predicted molar refractivity (Wildman–Crippen MR) is 147 cm³/mol. The lowest BCUT2D eigenvalue weighted by molar-refractivity contribution is 0.102. The summed E-state index contributed by atoms with van der Waals surface area (Å²) in [5, 5.41) is 13.9. The van der Waals surface area contributed by atoms with Gasteiger partial charge in [-0.25, -0.2) is 4.98 Å². The fraction of sp³-hybridized carbons (Fsp3) is 0.207. The van der Waals surface area contributed by atoms with Crippen LogP contribution in [0.15, 0.2) is 84.9 Å². The van der Waals surface area contributed by atoms with Crippen LogP contribution in [-0.4, -0.2) is 56.7 Å². The molecule has 8 heteroatoms. The van der Waals surface area contributed by atoms with Gasteiger partial charge in [0.15, 0.2) is 11.6 Å². The number of fused-ring (bicyclic) bond motifs is 1. The molecule has 3 heterocycles. The van der Waals surface area contributed by atoms with Gasteiger partial charge in [0.1, 0.15) is 5.69 Å². The number of para-hydroxylation sites is 3. The number of imidazole rings is 1. The second kappa shape index (κ2) is 9.91. The van der Waals surface area contributed by atoms with Crippen molar-refractivity contribution in [2.24, 2.45) is 0 Å². The number of aromatic amines is 1. The van der Waals surface area contributed by atoms with E-state index >= 15 is 0 Å². The molecule has 1 saturated heterocycles. The molecule has 6 rings (SSSR count). The molecule has 0 aliphatic carbocycles. The van der Waals surface area contributed by atoms with Crippen molar-refractivity contribution in [2.45, 2.75) is 18.9 Å². The Hall–Kier alpha value is -4.43. The maximum absolute atomic E-state index is 12.9. The van der Waals surface area contributed by atoms with E-state index in [2.05, 4.69) is 37.3 Å². The molecule has 186 valence electrons. The van der Waals surface area contributed by atoms with E-state index in [-0.39, 0.29) is 5.91 Å². The van der Waals surface area contributed by atoms with Crippen molar-refractivity contribution in [2.75, 3.05) is 30.8 Å². The second-order valence-corrected chi connectivity index (χ2v) is 9.52. The lowest BCUT2D eigenvalue weighted by Gasteiger charge is -2.30. The summed E-state index contributed by atoms with van der Waals surface area (Å²) in [6.45, 7) is 2.21. The van der Waals surface area contributed by atoms with Gasteiger partial charge in [-0.15, -0.1) is 0 Å². The number of anilines is 2. The zero-order valence-electron chi connectivity index (χ0n) is 20.7. The first-order valence-electron chi connectivity index (χ1n) is 12.6. The van der Waals surface area contributed by atoms with E-state index in [1.54, 1.807) is 0 Å². The molecule has 0 saturated carbocycles. The minimum absolute atomic E-state index is 0.208. The molecule has 1 amide bonds. The number of nitrogens with zero attached hydrogens (tertiary/aromatic N) is 4. The van der Waals surface area contributed by atoms with Gasteiger partial charge < -0.3 is 15.5 Å². The number of nitrogens with one attached hydrogen (secondary N) is 3. The van der Waals surface area contributed by atoms with Crippen molar-refractivity contribution in [1.82, 2.24) is 24.6 Å². The monoisotopic (exact) mass is 491 g/mol. The molecule has 3 N–H and O–H groups in total. The number of amides is 1. The number of hydrogen-bond acceptors (Lipinski definition) is 5. The molecule has 5 aromatic rings. The first kappa shape index (κ1) is 23.0. The molecule has 0 spiro atoms. The molecule has 1 aliphatic heterocycles. The Balaban J connectivity index is 1.19. The van der Waals surface area contributed by atoms with Gasteiger partial charge in [-0.1, -0.05) is 30.3 Å². The van der Waals surface area contributed by atoms with E-state index in [1.165, 1.54) is 0 Å². The van der Waals surface area contributed by atoms with Crippen LogP contribution in [-0.2, 0) is 0 Å². The second-order valence-electron chi connectivity index (χ2n) is 9.52. The van der Waals surface area contributed by atoms with Gasteiger partial charge in [0.05, 0.1) is 11.0 Å². The molecular weight excluding hydrogens is 462 g/mol. The highest BCUT2D eigenvalue weighted by molar-refractivity contribution is 6.04. The summed E-state index contributed by atoms with van der Waals surface area (Å²) in [5.74, 6) is 0.963. The minimum Gasteiger partial charge on any atom is -0.382 e. The first-order valence-corrected chi connectivity index (χ1v) is 12.6. The quantitative estimate of drug-likeness (QED) is 0.305. The van der Waals surface area contributed by atoms with Crippen molar-refractivity contribution in [3.63, 3.8) is 0 Å². The van der Waals surface area contributed by atoms with Gasteiger partial charge in [0, 0.05) is 29.0 Å². The topological polar surface area (TPSA) is 90.9 Å². The first-order chi connectivity index (χ1) is 18.1. The molecule has 0 atom stereocenters. The maximum atomic E-state index is 12.9. The number of likely N-dealkylation sites (tertiary alicyclic amines) is 1. The fourth-order valence-electron chi connectivity index (χ4n) is 4.84. The smallest absolute Gasteiger partial charge is 0.256 e. The average molecular weight is 492 g/mol. The third-order valence-corrected chi connectivity index (χ3v) is 6.87. The Labute approximate surface area is 215 Å². The minimum atomic E-state index is -0.208. The van der Waals surface area contributed by atoms with E-state index < -0.39 is 0 Å². The normalized spacial score (nSPS) is 14.6. The van der Waals surface area contributed by atoms with Crippen molar-refractivity contribution < 1.29 is 4.79 Å². The van der Waals surface area contributed by atoms with Gasteiger partial charge in [-0.2, -0.15) is 5.10 Å². The van der Waals surface area contributed by atoms with Gasteiger partial charge in [0.2, 0.25) is 0 Å². The van der Waals surface area contributed by atoms with Crippen LogP contribution in [0.25, 0.3) is 28.2 Å². The van der Waals surface area contributed by atoms with Crippen molar-refractivity contribution in [3.05, 3.63) is 90.5 Å².